The third-order valence-electron chi connectivity index (χ3n) is 3.56. The maximum Gasteiger partial charge on any atom is 0.0322 e. The number of hydrogen-bond donors (Lipinski definition) is 2. The van der Waals surface area contributed by atoms with E-state index < -0.39 is 0 Å². The highest BCUT2D eigenvalue weighted by atomic mass is 15.1. The van der Waals surface area contributed by atoms with E-state index >= 15 is 0 Å². The van der Waals surface area contributed by atoms with E-state index in [2.05, 4.69) is 60.0 Å². The van der Waals surface area contributed by atoms with Gasteiger partial charge in [0.05, 0.1) is 0 Å². The summed E-state index contributed by atoms with van der Waals surface area (Å²) in [5.41, 5.74) is 1.40. The molecule has 17 heavy (non-hydrogen) atoms. The maximum absolute atomic E-state index is 3.66. The Morgan fingerprint density at radius 1 is 1.12 bits per heavy atom. The summed E-state index contributed by atoms with van der Waals surface area (Å²) in [4.78, 5) is 0. The second kappa shape index (κ2) is 4.47. The Bertz CT molecular complexity index is 512. The second-order valence-corrected chi connectivity index (χ2v) is 4.81. The number of fused-ring (bicyclic) bond motifs is 1. The SMILES string of the molecule is C[C@@H](NC1CNC1)c1cccc2ccccc12. The molecule has 1 heterocycles. The fourth-order valence-corrected chi connectivity index (χ4v) is 2.48. The summed E-state index contributed by atoms with van der Waals surface area (Å²) in [6.45, 7) is 4.43. The zero-order chi connectivity index (χ0) is 11.7. The third-order valence-corrected chi connectivity index (χ3v) is 3.56. The lowest BCUT2D eigenvalue weighted by atomic mass is 9.98. The van der Waals surface area contributed by atoms with Gasteiger partial charge in [-0.2, -0.15) is 0 Å². The van der Waals surface area contributed by atoms with Gasteiger partial charge < -0.3 is 10.6 Å². The van der Waals surface area contributed by atoms with E-state index in [0.29, 0.717) is 12.1 Å². The molecule has 1 saturated heterocycles. The van der Waals surface area contributed by atoms with Gasteiger partial charge in [0.25, 0.3) is 0 Å². The van der Waals surface area contributed by atoms with Crippen LogP contribution in [0, 0.1) is 0 Å². The van der Waals surface area contributed by atoms with Gasteiger partial charge >= 0.3 is 0 Å². The molecule has 0 bridgehead atoms. The predicted molar refractivity (Wildman–Crippen MR) is 72.2 cm³/mol. The molecule has 0 radical (unpaired) electrons. The minimum absolute atomic E-state index is 0.410. The van der Waals surface area contributed by atoms with Crippen molar-refractivity contribution < 1.29 is 0 Å². The van der Waals surface area contributed by atoms with Gasteiger partial charge in [-0.1, -0.05) is 42.5 Å². The average Bonchev–Trinajstić information content (AvgIpc) is 2.33. The monoisotopic (exact) mass is 226 g/mol. The van der Waals surface area contributed by atoms with Crippen LogP contribution in [0.25, 0.3) is 10.8 Å². The molecule has 1 aliphatic rings. The summed E-state index contributed by atoms with van der Waals surface area (Å²) < 4.78 is 0. The Hall–Kier alpha value is -1.38. The van der Waals surface area contributed by atoms with Crippen molar-refractivity contribution in [3.8, 4) is 0 Å². The Kier molecular flexibility index (Phi) is 2.83. The van der Waals surface area contributed by atoms with Gasteiger partial charge in [-0.15, -0.1) is 0 Å². The van der Waals surface area contributed by atoms with Gasteiger partial charge in [0.2, 0.25) is 0 Å². The van der Waals surface area contributed by atoms with Crippen LogP contribution in [0.3, 0.4) is 0 Å². The first-order valence-corrected chi connectivity index (χ1v) is 6.29. The Morgan fingerprint density at radius 3 is 2.65 bits per heavy atom. The molecule has 2 N–H and O–H groups in total. The van der Waals surface area contributed by atoms with Crippen LogP contribution in [-0.4, -0.2) is 19.1 Å². The molecular weight excluding hydrogens is 208 g/mol. The molecule has 2 aromatic carbocycles. The molecule has 2 nitrogen and oxygen atoms in total. The van der Waals surface area contributed by atoms with Crippen LogP contribution >= 0.6 is 0 Å². The van der Waals surface area contributed by atoms with E-state index in [-0.39, 0.29) is 0 Å². The standard InChI is InChI=1S/C15H18N2/c1-11(17-13-9-16-10-13)14-8-4-6-12-5-2-3-7-15(12)14/h2-8,11,13,16-17H,9-10H2,1H3/t11-/m1/s1. The van der Waals surface area contributed by atoms with Gasteiger partial charge in [-0.25, -0.2) is 0 Å². The zero-order valence-corrected chi connectivity index (χ0v) is 10.1. The van der Waals surface area contributed by atoms with Crippen LogP contribution in [0.4, 0.5) is 0 Å². The fourth-order valence-electron chi connectivity index (χ4n) is 2.48. The molecule has 0 unspecified atom stereocenters. The lowest BCUT2D eigenvalue weighted by Crippen LogP contribution is -2.55. The molecule has 0 spiro atoms. The molecule has 1 aliphatic heterocycles. The van der Waals surface area contributed by atoms with Crippen LogP contribution < -0.4 is 10.6 Å². The number of benzene rings is 2. The second-order valence-electron chi connectivity index (χ2n) is 4.81. The van der Waals surface area contributed by atoms with Crippen molar-refractivity contribution in [1.82, 2.24) is 10.6 Å². The first kappa shape index (κ1) is 10.8. The first-order chi connectivity index (χ1) is 8.34. The van der Waals surface area contributed by atoms with Crippen LogP contribution in [0.15, 0.2) is 42.5 Å². The zero-order valence-electron chi connectivity index (χ0n) is 10.1. The van der Waals surface area contributed by atoms with Crippen molar-refractivity contribution in [1.29, 1.82) is 0 Å². The van der Waals surface area contributed by atoms with Gasteiger partial charge in [0.1, 0.15) is 0 Å². The molecule has 3 rings (SSSR count). The van der Waals surface area contributed by atoms with Crippen LogP contribution in [-0.2, 0) is 0 Å². The minimum Gasteiger partial charge on any atom is -0.314 e. The van der Waals surface area contributed by atoms with E-state index in [1.165, 1.54) is 16.3 Å². The van der Waals surface area contributed by atoms with Crippen molar-refractivity contribution in [2.75, 3.05) is 13.1 Å². The summed E-state index contributed by atoms with van der Waals surface area (Å²) in [5.74, 6) is 0. The largest absolute Gasteiger partial charge is 0.314 e. The van der Waals surface area contributed by atoms with Crippen LogP contribution in [0.5, 0.6) is 0 Å². The molecule has 0 aromatic heterocycles. The van der Waals surface area contributed by atoms with E-state index in [1.54, 1.807) is 0 Å². The van der Waals surface area contributed by atoms with E-state index in [1.807, 2.05) is 0 Å². The van der Waals surface area contributed by atoms with E-state index in [9.17, 15) is 0 Å². The molecule has 0 saturated carbocycles. The maximum atomic E-state index is 3.66. The molecule has 2 heteroatoms. The highest BCUT2D eigenvalue weighted by Crippen LogP contribution is 2.24. The van der Waals surface area contributed by atoms with E-state index in [0.717, 1.165) is 13.1 Å². The Labute approximate surface area is 102 Å². The third kappa shape index (κ3) is 2.06. The van der Waals surface area contributed by atoms with Crippen LogP contribution in [0.2, 0.25) is 0 Å². The van der Waals surface area contributed by atoms with Crippen molar-refractivity contribution >= 4 is 10.8 Å². The number of nitrogens with one attached hydrogen (secondary N) is 2. The molecule has 0 aliphatic carbocycles. The lowest BCUT2D eigenvalue weighted by Gasteiger charge is -2.31. The fraction of sp³-hybridized carbons (Fsp3) is 0.333. The van der Waals surface area contributed by atoms with Gasteiger partial charge in [-0.3, -0.25) is 0 Å². The smallest absolute Gasteiger partial charge is 0.0322 e. The van der Waals surface area contributed by atoms with Crippen molar-refractivity contribution in [2.24, 2.45) is 0 Å². The Balaban J connectivity index is 1.92. The lowest BCUT2D eigenvalue weighted by molar-refractivity contribution is 0.339. The summed E-state index contributed by atoms with van der Waals surface area (Å²) in [6, 6.07) is 16.2. The molecule has 0 amide bonds. The topological polar surface area (TPSA) is 24.1 Å². The first-order valence-electron chi connectivity index (χ1n) is 6.29. The van der Waals surface area contributed by atoms with Gasteiger partial charge in [-0.05, 0) is 23.3 Å². The highest BCUT2D eigenvalue weighted by molar-refractivity contribution is 5.86. The molecular formula is C15H18N2. The van der Waals surface area contributed by atoms with Crippen molar-refractivity contribution in [3.05, 3.63) is 48.0 Å². The minimum atomic E-state index is 0.410. The Morgan fingerprint density at radius 2 is 1.88 bits per heavy atom. The van der Waals surface area contributed by atoms with Gasteiger partial charge in [0, 0.05) is 25.2 Å². The summed E-state index contributed by atoms with van der Waals surface area (Å²) in [6.07, 6.45) is 0. The predicted octanol–water partition coefficient (Wildman–Crippen LogP) is 2.46. The average molecular weight is 226 g/mol. The molecule has 1 fully saturated rings. The normalized spacial score (nSPS) is 17.9. The molecule has 1 atom stereocenters. The van der Waals surface area contributed by atoms with Crippen molar-refractivity contribution in [2.45, 2.75) is 19.0 Å². The summed E-state index contributed by atoms with van der Waals surface area (Å²) in [7, 11) is 0. The summed E-state index contributed by atoms with van der Waals surface area (Å²) >= 11 is 0. The number of rotatable bonds is 3. The highest BCUT2D eigenvalue weighted by Gasteiger charge is 2.19. The van der Waals surface area contributed by atoms with Crippen LogP contribution in [0.1, 0.15) is 18.5 Å². The summed E-state index contributed by atoms with van der Waals surface area (Å²) in [5, 5.41) is 9.64. The molecule has 2 aromatic rings. The van der Waals surface area contributed by atoms with E-state index in [4.69, 9.17) is 0 Å². The van der Waals surface area contributed by atoms with Crippen molar-refractivity contribution in [3.63, 3.8) is 0 Å². The molecule has 88 valence electrons. The van der Waals surface area contributed by atoms with Gasteiger partial charge in [0.15, 0.2) is 0 Å². The quantitative estimate of drug-likeness (QED) is 0.840. The number of hydrogen-bond acceptors (Lipinski definition) is 2.